The zero-order valence-electron chi connectivity index (χ0n) is 10.9. The Morgan fingerprint density at radius 1 is 1.25 bits per heavy atom. The molecule has 4 heteroatoms. The van der Waals surface area contributed by atoms with E-state index in [0.717, 1.165) is 34.8 Å². The Balaban J connectivity index is 1.75. The summed E-state index contributed by atoms with van der Waals surface area (Å²) in [7, 11) is 0. The third-order valence-corrected chi connectivity index (χ3v) is 4.18. The number of fused-ring (bicyclic) bond motifs is 1. The van der Waals surface area contributed by atoms with Crippen molar-refractivity contribution in [3.8, 4) is 5.75 Å². The molecular formula is C16H15BrClNO. The van der Waals surface area contributed by atoms with E-state index in [9.17, 15) is 0 Å². The molecule has 0 saturated carbocycles. The molecule has 2 aromatic carbocycles. The van der Waals surface area contributed by atoms with Crippen LogP contribution in [0.15, 0.2) is 46.9 Å². The van der Waals surface area contributed by atoms with Crippen molar-refractivity contribution in [2.75, 3.05) is 6.61 Å². The third kappa shape index (κ3) is 3.17. The van der Waals surface area contributed by atoms with E-state index in [-0.39, 0.29) is 0 Å². The molecule has 0 fully saturated rings. The molecule has 2 aromatic rings. The van der Waals surface area contributed by atoms with Gasteiger partial charge in [-0.15, -0.1) is 0 Å². The number of ether oxygens (including phenoxy) is 1. The number of hydrogen-bond acceptors (Lipinski definition) is 2. The fourth-order valence-electron chi connectivity index (χ4n) is 2.47. The molecule has 2 nitrogen and oxygen atoms in total. The Morgan fingerprint density at radius 3 is 3.00 bits per heavy atom. The summed E-state index contributed by atoms with van der Waals surface area (Å²) in [6.07, 6.45) is 0.976. The number of nitrogens with one attached hydrogen (secondary N) is 1. The van der Waals surface area contributed by atoms with Crippen LogP contribution in [0.4, 0.5) is 0 Å². The zero-order valence-corrected chi connectivity index (χ0v) is 13.2. The Hall–Kier alpha value is -1.03. The molecule has 104 valence electrons. The highest BCUT2D eigenvalue weighted by molar-refractivity contribution is 9.10. The first-order chi connectivity index (χ1) is 9.72. The third-order valence-electron chi connectivity index (χ3n) is 3.45. The summed E-state index contributed by atoms with van der Waals surface area (Å²) in [4.78, 5) is 0. The van der Waals surface area contributed by atoms with Gasteiger partial charge < -0.3 is 10.1 Å². The summed E-state index contributed by atoms with van der Waals surface area (Å²) in [5.41, 5.74) is 2.41. The Morgan fingerprint density at radius 2 is 2.15 bits per heavy atom. The van der Waals surface area contributed by atoms with Crippen molar-refractivity contribution in [3.63, 3.8) is 0 Å². The van der Waals surface area contributed by atoms with E-state index in [1.165, 1.54) is 11.1 Å². The number of hydrogen-bond donors (Lipinski definition) is 1. The molecule has 0 radical (unpaired) electrons. The van der Waals surface area contributed by atoms with Crippen LogP contribution < -0.4 is 10.1 Å². The summed E-state index contributed by atoms with van der Waals surface area (Å²) in [5, 5.41) is 4.37. The average molecular weight is 353 g/mol. The SMILES string of the molecule is Clc1cccc(CNC2CCOc3ccc(Br)cc32)c1. The normalized spacial score (nSPS) is 17.4. The fourth-order valence-corrected chi connectivity index (χ4v) is 3.06. The van der Waals surface area contributed by atoms with Crippen LogP contribution in [0.5, 0.6) is 5.75 Å². The monoisotopic (exact) mass is 351 g/mol. The molecule has 1 heterocycles. The lowest BCUT2D eigenvalue weighted by atomic mass is 10.0. The quantitative estimate of drug-likeness (QED) is 0.863. The fraction of sp³-hybridized carbons (Fsp3) is 0.250. The first-order valence-corrected chi connectivity index (χ1v) is 7.79. The van der Waals surface area contributed by atoms with Crippen molar-refractivity contribution in [1.29, 1.82) is 0 Å². The van der Waals surface area contributed by atoms with Crippen LogP contribution in [-0.2, 0) is 6.54 Å². The second-order valence-corrected chi connectivity index (χ2v) is 6.23. The maximum absolute atomic E-state index is 6.01. The molecule has 3 rings (SSSR count). The van der Waals surface area contributed by atoms with E-state index >= 15 is 0 Å². The molecule has 1 atom stereocenters. The summed E-state index contributed by atoms with van der Waals surface area (Å²) in [5.74, 6) is 0.975. The lowest BCUT2D eigenvalue weighted by Crippen LogP contribution is -2.26. The zero-order chi connectivity index (χ0) is 13.9. The molecule has 0 aromatic heterocycles. The topological polar surface area (TPSA) is 21.3 Å². The summed E-state index contributed by atoms with van der Waals surface area (Å²) >= 11 is 9.54. The van der Waals surface area contributed by atoms with Gasteiger partial charge in [0, 0.05) is 34.1 Å². The second-order valence-electron chi connectivity index (χ2n) is 4.88. The van der Waals surface area contributed by atoms with E-state index < -0.39 is 0 Å². The van der Waals surface area contributed by atoms with Crippen molar-refractivity contribution in [2.24, 2.45) is 0 Å². The van der Waals surface area contributed by atoms with Crippen LogP contribution in [0.25, 0.3) is 0 Å². The van der Waals surface area contributed by atoms with E-state index in [1.807, 2.05) is 30.3 Å². The Labute approximate surface area is 132 Å². The lowest BCUT2D eigenvalue weighted by molar-refractivity contribution is 0.252. The molecule has 1 N–H and O–H groups in total. The smallest absolute Gasteiger partial charge is 0.124 e. The molecule has 0 spiro atoms. The highest BCUT2D eigenvalue weighted by atomic mass is 79.9. The summed E-state index contributed by atoms with van der Waals surface area (Å²) in [6.45, 7) is 1.55. The molecule has 0 bridgehead atoms. The van der Waals surface area contributed by atoms with Crippen molar-refractivity contribution in [2.45, 2.75) is 19.0 Å². The predicted molar refractivity (Wildman–Crippen MR) is 85.3 cm³/mol. The molecule has 1 unspecified atom stereocenters. The standard InChI is InChI=1S/C16H15BrClNO/c17-12-4-5-16-14(9-12)15(6-7-20-16)19-10-11-2-1-3-13(18)8-11/h1-5,8-9,15,19H,6-7,10H2. The Bertz CT molecular complexity index is 617. The average Bonchev–Trinajstić information content (AvgIpc) is 2.45. The molecule has 1 aliphatic heterocycles. The van der Waals surface area contributed by atoms with Crippen LogP contribution in [-0.4, -0.2) is 6.61 Å². The van der Waals surface area contributed by atoms with Gasteiger partial charge in [-0.3, -0.25) is 0 Å². The van der Waals surface area contributed by atoms with Crippen LogP contribution >= 0.6 is 27.5 Å². The summed E-state index contributed by atoms with van der Waals surface area (Å²) < 4.78 is 6.78. The first-order valence-electron chi connectivity index (χ1n) is 6.62. The molecule has 0 saturated heterocycles. The molecule has 0 aliphatic carbocycles. The van der Waals surface area contributed by atoms with E-state index in [2.05, 4.69) is 33.4 Å². The number of halogens is 2. The van der Waals surface area contributed by atoms with Gasteiger partial charge in [0.15, 0.2) is 0 Å². The van der Waals surface area contributed by atoms with Crippen LogP contribution in [0.1, 0.15) is 23.6 Å². The highest BCUT2D eigenvalue weighted by Gasteiger charge is 2.21. The van der Waals surface area contributed by atoms with Gasteiger partial charge in [-0.2, -0.15) is 0 Å². The van der Waals surface area contributed by atoms with Crippen molar-refractivity contribution in [1.82, 2.24) is 5.32 Å². The maximum atomic E-state index is 6.01. The summed E-state index contributed by atoms with van der Waals surface area (Å²) in [6, 6.07) is 14.4. The van der Waals surface area contributed by atoms with Crippen LogP contribution in [0, 0.1) is 0 Å². The predicted octanol–water partition coefficient (Wildman–Crippen LogP) is 4.72. The van der Waals surface area contributed by atoms with Gasteiger partial charge in [0.1, 0.15) is 5.75 Å². The minimum absolute atomic E-state index is 0.315. The van der Waals surface area contributed by atoms with Gasteiger partial charge in [0.05, 0.1) is 6.61 Å². The van der Waals surface area contributed by atoms with Crippen LogP contribution in [0.2, 0.25) is 5.02 Å². The highest BCUT2D eigenvalue weighted by Crippen LogP contribution is 2.34. The van der Waals surface area contributed by atoms with Crippen LogP contribution in [0.3, 0.4) is 0 Å². The molecule has 1 aliphatic rings. The van der Waals surface area contributed by atoms with Crippen molar-refractivity contribution in [3.05, 3.63) is 63.1 Å². The Kier molecular flexibility index (Phi) is 4.29. The van der Waals surface area contributed by atoms with Gasteiger partial charge >= 0.3 is 0 Å². The molecule has 0 amide bonds. The second kappa shape index (κ2) is 6.17. The largest absolute Gasteiger partial charge is 0.493 e. The van der Waals surface area contributed by atoms with Gasteiger partial charge in [-0.25, -0.2) is 0 Å². The van der Waals surface area contributed by atoms with Gasteiger partial charge in [-0.05, 0) is 35.9 Å². The van der Waals surface area contributed by atoms with Gasteiger partial charge in [-0.1, -0.05) is 39.7 Å². The number of rotatable bonds is 3. The minimum Gasteiger partial charge on any atom is -0.493 e. The molecule has 20 heavy (non-hydrogen) atoms. The van der Waals surface area contributed by atoms with Crippen molar-refractivity contribution < 1.29 is 4.74 Å². The van der Waals surface area contributed by atoms with Gasteiger partial charge in [0.2, 0.25) is 0 Å². The lowest BCUT2D eigenvalue weighted by Gasteiger charge is -2.27. The number of benzene rings is 2. The first kappa shape index (κ1) is 13.9. The molecular weight excluding hydrogens is 338 g/mol. The maximum Gasteiger partial charge on any atom is 0.124 e. The van der Waals surface area contributed by atoms with E-state index in [1.54, 1.807) is 0 Å². The van der Waals surface area contributed by atoms with E-state index in [4.69, 9.17) is 16.3 Å². The minimum atomic E-state index is 0.315. The van der Waals surface area contributed by atoms with E-state index in [0.29, 0.717) is 6.04 Å². The van der Waals surface area contributed by atoms with Gasteiger partial charge in [0.25, 0.3) is 0 Å². The van der Waals surface area contributed by atoms with Crippen molar-refractivity contribution >= 4 is 27.5 Å².